The van der Waals surface area contributed by atoms with Crippen molar-refractivity contribution < 1.29 is 0 Å². The van der Waals surface area contributed by atoms with Crippen LogP contribution in [0.5, 0.6) is 0 Å². The molecule has 96 valence electrons. The van der Waals surface area contributed by atoms with E-state index in [1.807, 2.05) is 12.4 Å². The highest BCUT2D eigenvalue weighted by molar-refractivity contribution is 7.07. The summed E-state index contributed by atoms with van der Waals surface area (Å²) in [7, 11) is 2.04. The highest BCUT2D eigenvalue weighted by Gasteiger charge is 2.31. The first-order valence-corrected chi connectivity index (χ1v) is 7.07. The first-order valence-electron chi connectivity index (χ1n) is 6.20. The first-order chi connectivity index (χ1) is 8.11. The van der Waals surface area contributed by atoms with Crippen LogP contribution in [0.15, 0.2) is 10.2 Å². The van der Waals surface area contributed by atoms with Crippen molar-refractivity contribution in [3.05, 3.63) is 20.7 Å². The molecule has 2 N–H and O–H groups in total. The van der Waals surface area contributed by atoms with Crippen LogP contribution in [0.1, 0.15) is 26.0 Å². The van der Waals surface area contributed by atoms with Crippen LogP contribution in [0.3, 0.4) is 0 Å². The van der Waals surface area contributed by atoms with E-state index in [4.69, 9.17) is 0 Å². The average molecular weight is 255 g/mol. The predicted octanol–water partition coefficient (Wildman–Crippen LogP) is 1.25. The number of rotatable bonds is 3. The fourth-order valence-corrected chi connectivity index (χ4v) is 3.25. The van der Waals surface area contributed by atoms with Crippen molar-refractivity contribution in [2.24, 2.45) is 5.92 Å². The summed E-state index contributed by atoms with van der Waals surface area (Å²) in [4.78, 5) is 16.5. The summed E-state index contributed by atoms with van der Waals surface area (Å²) >= 11 is 1.25. The molecular weight excluding hydrogens is 234 g/mol. The Morgan fingerprint density at radius 1 is 1.59 bits per heavy atom. The Hall–Kier alpha value is -0.650. The minimum Gasteiger partial charge on any atom is -0.317 e. The van der Waals surface area contributed by atoms with Gasteiger partial charge in [0.25, 0.3) is 0 Å². The molecule has 2 heterocycles. The van der Waals surface area contributed by atoms with Gasteiger partial charge in [0.2, 0.25) is 0 Å². The van der Waals surface area contributed by atoms with Gasteiger partial charge in [0, 0.05) is 36.2 Å². The van der Waals surface area contributed by atoms with Gasteiger partial charge in [0.15, 0.2) is 0 Å². The molecule has 0 saturated carbocycles. The number of aromatic nitrogens is 1. The minimum absolute atomic E-state index is 0.0470. The third-order valence-corrected chi connectivity index (χ3v) is 4.73. The van der Waals surface area contributed by atoms with Crippen LogP contribution in [0.4, 0.5) is 0 Å². The molecule has 4 nitrogen and oxygen atoms in total. The number of nitrogens with one attached hydrogen (secondary N) is 2. The third-order valence-electron chi connectivity index (χ3n) is 4.01. The lowest BCUT2D eigenvalue weighted by atomic mass is 9.87. The summed E-state index contributed by atoms with van der Waals surface area (Å²) in [5.41, 5.74) is 1.04. The van der Waals surface area contributed by atoms with Gasteiger partial charge in [-0.2, -0.15) is 0 Å². The van der Waals surface area contributed by atoms with Gasteiger partial charge in [-0.3, -0.25) is 9.69 Å². The standard InChI is InChI=1S/C12H21N3OS/c1-8-9(2)15(5-4-11(8)13-3)6-10-7-17-12(16)14-10/h7-9,11,13H,4-6H2,1-3H3,(H,14,16). The van der Waals surface area contributed by atoms with Crippen LogP contribution in [0.2, 0.25) is 0 Å². The number of hydrogen-bond donors (Lipinski definition) is 2. The summed E-state index contributed by atoms with van der Waals surface area (Å²) < 4.78 is 0. The van der Waals surface area contributed by atoms with E-state index in [1.165, 1.54) is 17.8 Å². The van der Waals surface area contributed by atoms with Crippen LogP contribution in [0.25, 0.3) is 0 Å². The lowest BCUT2D eigenvalue weighted by molar-refractivity contribution is 0.0801. The number of likely N-dealkylation sites (tertiary alicyclic amines) is 1. The SMILES string of the molecule is CNC1CCN(Cc2csc(=O)[nH]2)C(C)C1C. The zero-order valence-corrected chi connectivity index (χ0v) is 11.5. The number of thiazole rings is 1. The van der Waals surface area contributed by atoms with Crippen molar-refractivity contribution in [3.63, 3.8) is 0 Å². The van der Waals surface area contributed by atoms with E-state index in [0.29, 0.717) is 18.0 Å². The molecule has 1 fully saturated rings. The van der Waals surface area contributed by atoms with Gasteiger partial charge < -0.3 is 10.3 Å². The average Bonchev–Trinajstić information content (AvgIpc) is 2.71. The molecule has 0 aromatic carbocycles. The van der Waals surface area contributed by atoms with E-state index < -0.39 is 0 Å². The van der Waals surface area contributed by atoms with Crippen molar-refractivity contribution in [2.75, 3.05) is 13.6 Å². The summed E-state index contributed by atoms with van der Waals surface area (Å²) in [5, 5.41) is 5.32. The smallest absolute Gasteiger partial charge is 0.304 e. The minimum atomic E-state index is 0.0470. The predicted molar refractivity (Wildman–Crippen MR) is 71.4 cm³/mol. The fourth-order valence-electron chi connectivity index (χ4n) is 2.68. The number of piperidine rings is 1. The maximum absolute atomic E-state index is 11.1. The highest BCUT2D eigenvalue weighted by atomic mass is 32.1. The second-order valence-corrected chi connectivity index (χ2v) is 5.77. The summed E-state index contributed by atoms with van der Waals surface area (Å²) in [6, 6.07) is 1.16. The van der Waals surface area contributed by atoms with Crippen LogP contribution in [0, 0.1) is 5.92 Å². The molecular formula is C12H21N3OS. The molecule has 0 radical (unpaired) electrons. The Kier molecular flexibility index (Phi) is 4.01. The van der Waals surface area contributed by atoms with E-state index >= 15 is 0 Å². The molecule has 2 rings (SSSR count). The van der Waals surface area contributed by atoms with E-state index in [-0.39, 0.29) is 4.87 Å². The van der Waals surface area contributed by atoms with Gasteiger partial charge in [0.05, 0.1) is 0 Å². The molecule has 0 bridgehead atoms. The van der Waals surface area contributed by atoms with Crippen molar-refractivity contribution >= 4 is 11.3 Å². The van der Waals surface area contributed by atoms with Crippen molar-refractivity contribution in [2.45, 2.75) is 38.9 Å². The number of hydrogen-bond acceptors (Lipinski definition) is 4. The highest BCUT2D eigenvalue weighted by Crippen LogP contribution is 2.24. The zero-order chi connectivity index (χ0) is 12.4. The maximum Gasteiger partial charge on any atom is 0.304 e. The number of nitrogens with zero attached hydrogens (tertiary/aromatic N) is 1. The Balaban J connectivity index is 2.01. The Bertz CT molecular complexity index is 414. The van der Waals surface area contributed by atoms with Crippen molar-refractivity contribution in [1.29, 1.82) is 0 Å². The summed E-state index contributed by atoms with van der Waals surface area (Å²) in [5.74, 6) is 0.638. The van der Waals surface area contributed by atoms with Gasteiger partial charge in [0.1, 0.15) is 0 Å². The first kappa shape index (κ1) is 12.8. The molecule has 1 aromatic heterocycles. The van der Waals surface area contributed by atoms with Crippen LogP contribution < -0.4 is 10.2 Å². The maximum atomic E-state index is 11.1. The molecule has 3 atom stereocenters. The zero-order valence-electron chi connectivity index (χ0n) is 10.7. The Morgan fingerprint density at radius 2 is 2.35 bits per heavy atom. The van der Waals surface area contributed by atoms with Gasteiger partial charge in [-0.25, -0.2) is 0 Å². The van der Waals surface area contributed by atoms with Crippen molar-refractivity contribution in [3.8, 4) is 0 Å². The Labute approximate surface area is 106 Å². The number of H-pyrrole nitrogens is 1. The van der Waals surface area contributed by atoms with E-state index in [1.54, 1.807) is 0 Å². The monoisotopic (exact) mass is 255 g/mol. The molecule has 0 aliphatic carbocycles. The van der Waals surface area contributed by atoms with Crippen LogP contribution in [-0.2, 0) is 6.54 Å². The fraction of sp³-hybridized carbons (Fsp3) is 0.750. The third kappa shape index (κ3) is 2.78. The van der Waals surface area contributed by atoms with Gasteiger partial charge >= 0.3 is 4.87 Å². The molecule has 1 aliphatic heterocycles. The lowest BCUT2D eigenvalue weighted by Gasteiger charge is -2.42. The topological polar surface area (TPSA) is 48.1 Å². The Morgan fingerprint density at radius 3 is 2.94 bits per heavy atom. The van der Waals surface area contributed by atoms with Gasteiger partial charge in [-0.1, -0.05) is 18.3 Å². The summed E-state index contributed by atoms with van der Waals surface area (Å²) in [6.45, 7) is 6.53. The van der Waals surface area contributed by atoms with Crippen LogP contribution >= 0.6 is 11.3 Å². The second-order valence-electron chi connectivity index (χ2n) is 4.93. The lowest BCUT2D eigenvalue weighted by Crippen LogP contribution is -2.52. The summed E-state index contributed by atoms with van der Waals surface area (Å²) in [6.07, 6.45) is 1.18. The number of aromatic amines is 1. The second kappa shape index (κ2) is 5.33. The largest absolute Gasteiger partial charge is 0.317 e. The molecule has 17 heavy (non-hydrogen) atoms. The molecule has 0 spiro atoms. The molecule has 1 aliphatic rings. The molecule has 5 heteroatoms. The normalized spacial score (nSPS) is 30.6. The van der Waals surface area contributed by atoms with Crippen LogP contribution in [-0.4, -0.2) is 35.6 Å². The molecule has 1 saturated heterocycles. The quantitative estimate of drug-likeness (QED) is 0.855. The van der Waals surface area contributed by atoms with Crippen molar-refractivity contribution in [1.82, 2.24) is 15.2 Å². The van der Waals surface area contributed by atoms with E-state index in [0.717, 1.165) is 18.8 Å². The molecule has 0 amide bonds. The van der Waals surface area contributed by atoms with Gasteiger partial charge in [-0.15, -0.1) is 0 Å². The van der Waals surface area contributed by atoms with Gasteiger partial charge in [-0.05, 0) is 26.3 Å². The van der Waals surface area contributed by atoms with E-state index in [9.17, 15) is 4.79 Å². The van der Waals surface area contributed by atoms with E-state index in [2.05, 4.69) is 29.0 Å². The molecule has 1 aromatic rings. The molecule has 3 unspecified atom stereocenters.